The molecule has 2 fully saturated rings. The average molecular weight is 358 g/mol. The van der Waals surface area contributed by atoms with Crippen LogP contribution in [-0.4, -0.2) is 9.36 Å². The summed E-state index contributed by atoms with van der Waals surface area (Å²) in [5.41, 5.74) is 1.96. The highest BCUT2D eigenvalue weighted by Crippen LogP contribution is 2.67. The Hall–Kier alpha value is -1.91. The summed E-state index contributed by atoms with van der Waals surface area (Å²) in [5, 5.41) is 0. The number of nitrogens with zero attached hydrogens (tertiary/aromatic N) is 2. The normalized spacial score (nSPS) is 28.6. The predicted octanol–water partition coefficient (Wildman–Crippen LogP) is 4.50. The van der Waals surface area contributed by atoms with Crippen molar-refractivity contribution in [3.8, 4) is 5.69 Å². The highest BCUT2D eigenvalue weighted by atomic mass is 19.1. The van der Waals surface area contributed by atoms with Crippen molar-refractivity contribution in [2.75, 3.05) is 0 Å². The first-order valence-corrected chi connectivity index (χ1v) is 9.57. The van der Waals surface area contributed by atoms with Gasteiger partial charge in [0.05, 0.1) is 5.69 Å². The molecule has 5 rings (SSSR count). The van der Waals surface area contributed by atoms with Gasteiger partial charge in [0.2, 0.25) is 0 Å². The number of hydrogen-bond donors (Lipinski definition) is 0. The second kappa shape index (κ2) is 4.87. The van der Waals surface area contributed by atoms with E-state index in [-0.39, 0.29) is 28.0 Å². The highest BCUT2D eigenvalue weighted by Gasteiger charge is 2.63. The van der Waals surface area contributed by atoms with Gasteiger partial charge in [-0.05, 0) is 55.1 Å². The van der Waals surface area contributed by atoms with Crippen LogP contribution in [0.15, 0.2) is 23.0 Å². The zero-order valence-electron chi connectivity index (χ0n) is 15.5. The molecule has 1 heterocycles. The number of hydrogen-bond acceptors (Lipinski definition) is 1. The van der Waals surface area contributed by atoms with E-state index in [0.29, 0.717) is 5.92 Å². The fourth-order valence-corrected chi connectivity index (χ4v) is 5.50. The summed E-state index contributed by atoms with van der Waals surface area (Å²) < 4.78 is 31.5. The van der Waals surface area contributed by atoms with Gasteiger partial charge in [-0.15, -0.1) is 0 Å². The van der Waals surface area contributed by atoms with Crippen molar-refractivity contribution in [1.29, 1.82) is 0 Å². The molecule has 0 aliphatic heterocycles. The second-order valence-corrected chi connectivity index (χ2v) is 9.15. The van der Waals surface area contributed by atoms with Gasteiger partial charge in [0.15, 0.2) is 5.82 Å². The maximum absolute atomic E-state index is 14.6. The predicted molar refractivity (Wildman–Crippen MR) is 95.8 cm³/mol. The number of halogens is 2. The largest absolute Gasteiger partial charge is 0.281 e. The lowest BCUT2D eigenvalue weighted by atomic mass is 9.70. The molecule has 2 saturated carbocycles. The fourth-order valence-electron chi connectivity index (χ4n) is 5.50. The van der Waals surface area contributed by atoms with E-state index in [1.807, 2.05) is 4.68 Å². The first-order chi connectivity index (χ1) is 12.3. The van der Waals surface area contributed by atoms with Crippen LogP contribution in [0.25, 0.3) is 5.69 Å². The van der Waals surface area contributed by atoms with Crippen molar-refractivity contribution in [3.63, 3.8) is 0 Å². The van der Waals surface area contributed by atoms with E-state index < -0.39 is 11.6 Å². The smallest absolute Gasteiger partial charge is 0.275 e. The Morgan fingerprint density at radius 3 is 2.54 bits per heavy atom. The third-order valence-corrected chi connectivity index (χ3v) is 7.54. The molecule has 1 aromatic heterocycles. The standard InChI is InChI=1S/C21H24F2N2O/c1-20(2)14-8-9-21(20,3)18-17(14)19(26)25(24(18)11-12-4-5-12)16-7-6-13(22)10-15(16)23/h6-7,10,12,14H,4-5,8-9,11H2,1-3H3. The first kappa shape index (κ1) is 16.3. The van der Waals surface area contributed by atoms with Gasteiger partial charge in [-0.25, -0.2) is 13.5 Å². The Kier molecular flexibility index (Phi) is 3.05. The molecule has 3 aliphatic rings. The lowest BCUT2D eigenvalue weighted by Gasteiger charge is -2.36. The van der Waals surface area contributed by atoms with Gasteiger partial charge in [0.1, 0.15) is 11.5 Å². The van der Waals surface area contributed by atoms with Gasteiger partial charge in [0, 0.05) is 23.6 Å². The van der Waals surface area contributed by atoms with E-state index in [1.54, 1.807) is 0 Å². The molecule has 0 amide bonds. The maximum atomic E-state index is 14.6. The molecule has 5 heteroatoms. The monoisotopic (exact) mass is 358 g/mol. The van der Waals surface area contributed by atoms with Gasteiger partial charge < -0.3 is 0 Å². The van der Waals surface area contributed by atoms with Crippen molar-refractivity contribution in [1.82, 2.24) is 9.36 Å². The summed E-state index contributed by atoms with van der Waals surface area (Å²) in [5.74, 6) is -0.547. The molecule has 2 bridgehead atoms. The van der Waals surface area contributed by atoms with Gasteiger partial charge in [-0.3, -0.25) is 9.48 Å². The lowest BCUT2D eigenvalue weighted by molar-refractivity contribution is 0.214. The molecule has 3 nitrogen and oxygen atoms in total. The molecular weight excluding hydrogens is 334 g/mol. The van der Waals surface area contributed by atoms with Crippen molar-refractivity contribution < 1.29 is 8.78 Å². The zero-order chi connectivity index (χ0) is 18.4. The van der Waals surface area contributed by atoms with Crippen LogP contribution in [0.2, 0.25) is 0 Å². The van der Waals surface area contributed by atoms with Crippen LogP contribution in [-0.2, 0) is 12.0 Å². The summed E-state index contributed by atoms with van der Waals surface area (Å²) in [6.07, 6.45) is 4.36. The Morgan fingerprint density at radius 1 is 1.15 bits per heavy atom. The van der Waals surface area contributed by atoms with Crippen LogP contribution < -0.4 is 5.56 Å². The number of rotatable bonds is 3. The summed E-state index contributed by atoms with van der Waals surface area (Å²) in [6.45, 7) is 7.51. The SMILES string of the molecule is CC12CCC(c3c1n(CC1CC1)n(-c1ccc(F)cc1F)c3=O)C2(C)C. The Balaban J connectivity index is 1.81. The van der Waals surface area contributed by atoms with Gasteiger partial charge in [0.25, 0.3) is 5.56 Å². The topological polar surface area (TPSA) is 26.9 Å². The summed E-state index contributed by atoms with van der Waals surface area (Å²) in [4.78, 5) is 13.4. The van der Waals surface area contributed by atoms with Crippen molar-refractivity contribution in [2.24, 2.45) is 11.3 Å². The van der Waals surface area contributed by atoms with E-state index in [2.05, 4.69) is 20.8 Å². The molecular formula is C21H24F2N2O. The van der Waals surface area contributed by atoms with Crippen LogP contribution in [0.3, 0.4) is 0 Å². The summed E-state index contributed by atoms with van der Waals surface area (Å²) in [7, 11) is 0. The molecule has 3 aliphatic carbocycles. The fraction of sp³-hybridized carbons (Fsp3) is 0.571. The van der Waals surface area contributed by atoms with E-state index in [0.717, 1.165) is 49.6 Å². The minimum atomic E-state index is -0.683. The van der Waals surface area contributed by atoms with Crippen LogP contribution in [0, 0.1) is 23.0 Å². The molecule has 138 valence electrons. The van der Waals surface area contributed by atoms with Crippen LogP contribution in [0.5, 0.6) is 0 Å². The van der Waals surface area contributed by atoms with E-state index in [9.17, 15) is 13.6 Å². The summed E-state index contributed by atoms with van der Waals surface area (Å²) in [6, 6.07) is 3.48. The quantitative estimate of drug-likeness (QED) is 0.793. The molecule has 0 spiro atoms. The van der Waals surface area contributed by atoms with Gasteiger partial charge in [-0.2, -0.15) is 0 Å². The first-order valence-electron chi connectivity index (χ1n) is 9.57. The molecule has 0 radical (unpaired) electrons. The van der Waals surface area contributed by atoms with Crippen molar-refractivity contribution >= 4 is 0 Å². The van der Waals surface area contributed by atoms with E-state index in [4.69, 9.17) is 0 Å². The minimum Gasteiger partial charge on any atom is -0.281 e. The molecule has 2 atom stereocenters. The van der Waals surface area contributed by atoms with Crippen LogP contribution >= 0.6 is 0 Å². The van der Waals surface area contributed by atoms with E-state index in [1.165, 1.54) is 16.8 Å². The highest BCUT2D eigenvalue weighted by molar-refractivity contribution is 5.47. The maximum Gasteiger partial charge on any atom is 0.275 e. The Bertz CT molecular complexity index is 983. The van der Waals surface area contributed by atoms with Crippen LogP contribution in [0.1, 0.15) is 63.6 Å². The van der Waals surface area contributed by atoms with E-state index >= 15 is 0 Å². The van der Waals surface area contributed by atoms with Gasteiger partial charge >= 0.3 is 0 Å². The second-order valence-electron chi connectivity index (χ2n) is 9.15. The molecule has 26 heavy (non-hydrogen) atoms. The number of aromatic nitrogens is 2. The summed E-state index contributed by atoms with van der Waals surface area (Å²) >= 11 is 0. The van der Waals surface area contributed by atoms with Crippen LogP contribution in [0.4, 0.5) is 8.78 Å². The third-order valence-electron chi connectivity index (χ3n) is 7.54. The number of fused-ring (bicyclic) bond motifs is 5. The molecule has 0 saturated heterocycles. The average Bonchev–Trinajstić information content (AvgIpc) is 3.26. The Morgan fingerprint density at radius 2 is 1.88 bits per heavy atom. The lowest BCUT2D eigenvalue weighted by Crippen LogP contribution is -2.36. The number of benzene rings is 1. The minimum absolute atomic E-state index is 0.0303. The van der Waals surface area contributed by atoms with Gasteiger partial charge in [-0.1, -0.05) is 20.8 Å². The zero-order valence-corrected chi connectivity index (χ0v) is 15.5. The molecule has 2 aromatic rings. The van der Waals surface area contributed by atoms with Crippen molar-refractivity contribution in [3.05, 3.63) is 51.4 Å². The third kappa shape index (κ3) is 1.84. The molecule has 0 N–H and O–H groups in total. The van der Waals surface area contributed by atoms with Crippen molar-refractivity contribution in [2.45, 2.75) is 64.3 Å². The Labute approximate surface area is 151 Å². The molecule has 2 unspecified atom stereocenters. The molecule has 1 aromatic carbocycles.